The molecule has 11 heavy (non-hydrogen) atoms. The topological polar surface area (TPSA) is 24.5 Å². The second-order valence-electron chi connectivity index (χ2n) is 3.49. The molecule has 3 nitrogen and oxygen atoms in total. The van der Waals surface area contributed by atoms with Crippen LogP contribution < -0.4 is 5.32 Å². The van der Waals surface area contributed by atoms with E-state index in [9.17, 15) is 0 Å². The lowest BCUT2D eigenvalue weighted by Crippen LogP contribution is -2.60. The standard InChI is InChI=1S/C8H16N2O/c1-7-6-10(2-3-11-7)8-4-9-5-8/h7-9H,2-6H2,1H3. The van der Waals surface area contributed by atoms with Crippen molar-refractivity contribution in [2.24, 2.45) is 0 Å². The highest BCUT2D eigenvalue weighted by atomic mass is 16.5. The van der Waals surface area contributed by atoms with Crippen LogP contribution in [0.3, 0.4) is 0 Å². The first-order valence-corrected chi connectivity index (χ1v) is 4.42. The fourth-order valence-corrected chi connectivity index (χ4v) is 1.71. The molecule has 2 aliphatic heterocycles. The number of morpholine rings is 1. The molecule has 64 valence electrons. The van der Waals surface area contributed by atoms with Crippen molar-refractivity contribution >= 4 is 0 Å². The molecule has 0 aromatic carbocycles. The zero-order valence-corrected chi connectivity index (χ0v) is 7.05. The molecular weight excluding hydrogens is 140 g/mol. The summed E-state index contributed by atoms with van der Waals surface area (Å²) in [7, 11) is 0. The Morgan fingerprint density at radius 1 is 1.45 bits per heavy atom. The maximum absolute atomic E-state index is 5.46. The molecule has 2 rings (SSSR count). The molecule has 1 atom stereocenters. The Kier molecular flexibility index (Phi) is 2.11. The zero-order chi connectivity index (χ0) is 7.68. The molecule has 0 aromatic rings. The number of hydrogen-bond donors (Lipinski definition) is 1. The minimum absolute atomic E-state index is 0.435. The summed E-state index contributed by atoms with van der Waals surface area (Å²) >= 11 is 0. The first-order chi connectivity index (χ1) is 5.36. The van der Waals surface area contributed by atoms with E-state index in [2.05, 4.69) is 17.1 Å². The van der Waals surface area contributed by atoms with Crippen LogP contribution in [-0.4, -0.2) is 49.8 Å². The largest absolute Gasteiger partial charge is 0.376 e. The SMILES string of the molecule is CC1CN(C2CNC2)CCO1. The van der Waals surface area contributed by atoms with Gasteiger partial charge in [0.2, 0.25) is 0 Å². The Hall–Kier alpha value is -0.120. The van der Waals surface area contributed by atoms with Crippen molar-refractivity contribution in [1.29, 1.82) is 0 Å². The van der Waals surface area contributed by atoms with Crippen molar-refractivity contribution in [2.75, 3.05) is 32.8 Å². The van der Waals surface area contributed by atoms with Gasteiger partial charge in [0.1, 0.15) is 0 Å². The lowest BCUT2D eigenvalue weighted by atomic mass is 10.1. The fourth-order valence-electron chi connectivity index (χ4n) is 1.71. The van der Waals surface area contributed by atoms with Gasteiger partial charge >= 0.3 is 0 Å². The Bertz CT molecular complexity index is 136. The lowest BCUT2D eigenvalue weighted by Gasteiger charge is -2.41. The van der Waals surface area contributed by atoms with Gasteiger partial charge in [-0.25, -0.2) is 0 Å². The van der Waals surface area contributed by atoms with E-state index in [0.717, 1.165) is 25.7 Å². The van der Waals surface area contributed by atoms with E-state index in [1.807, 2.05) is 0 Å². The van der Waals surface area contributed by atoms with Gasteiger partial charge in [-0.05, 0) is 6.92 Å². The van der Waals surface area contributed by atoms with Crippen LogP contribution in [0.2, 0.25) is 0 Å². The van der Waals surface area contributed by atoms with Crippen LogP contribution in [0, 0.1) is 0 Å². The average Bonchev–Trinajstić information content (AvgIpc) is 1.83. The van der Waals surface area contributed by atoms with E-state index in [0.29, 0.717) is 6.10 Å². The number of nitrogens with zero attached hydrogens (tertiary/aromatic N) is 1. The summed E-state index contributed by atoms with van der Waals surface area (Å²) in [6, 6.07) is 0.793. The quantitative estimate of drug-likeness (QED) is 0.563. The molecule has 0 radical (unpaired) electrons. The van der Waals surface area contributed by atoms with E-state index >= 15 is 0 Å². The molecule has 0 aromatic heterocycles. The van der Waals surface area contributed by atoms with E-state index in [1.165, 1.54) is 13.1 Å². The van der Waals surface area contributed by atoms with Gasteiger partial charge in [-0.1, -0.05) is 0 Å². The van der Waals surface area contributed by atoms with Gasteiger partial charge in [0, 0.05) is 32.2 Å². The van der Waals surface area contributed by atoms with Crippen LogP contribution in [-0.2, 0) is 4.74 Å². The molecule has 3 heteroatoms. The summed E-state index contributed by atoms with van der Waals surface area (Å²) < 4.78 is 5.46. The van der Waals surface area contributed by atoms with Gasteiger partial charge in [-0.2, -0.15) is 0 Å². The van der Waals surface area contributed by atoms with Gasteiger partial charge in [0.25, 0.3) is 0 Å². The van der Waals surface area contributed by atoms with E-state index in [1.54, 1.807) is 0 Å². The zero-order valence-electron chi connectivity index (χ0n) is 7.05. The summed E-state index contributed by atoms with van der Waals surface area (Å²) in [4.78, 5) is 2.53. The summed E-state index contributed by atoms with van der Waals surface area (Å²) in [5.74, 6) is 0. The predicted octanol–water partition coefficient (Wildman–Crippen LogP) is -0.321. The second kappa shape index (κ2) is 3.09. The molecule has 0 saturated carbocycles. The van der Waals surface area contributed by atoms with Crippen molar-refractivity contribution in [1.82, 2.24) is 10.2 Å². The summed E-state index contributed by atoms with van der Waals surface area (Å²) in [5.41, 5.74) is 0. The highest BCUT2D eigenvalue weighted by Gasteiger charge is 2.27. The van der Waals surface area contributed by atoms with Gasteiger partial charge in [0.05, 0.1) is 12.7 Å². The molecule has 0 aliphatic carbocycles. The normalized spacial score (nSPS) is 35.2. The molecule has 1 N–H and O–H groups in total. The maximum atomic E-state index is 5.46. The van der Waals surface area contributed by atoms with Crippen LogP contribution in [0.25, 0.3) is 0 Å². The van der Waals surface area contributed by atoms with E-state index in [-0.39, 0.29) is 0 Å². The molecule has 0 bridgehead atoms. The highest BCUT2D eigenvalue weighted by molar-refractivity contribution is 4.86. The van der Waals surface area contributed by atoms with Gasteiger partial charge in [-0.15, -0.1) is 0 Å². The van der Waals surface area contributed by atoms with Crippen LogP contribution >= 0.6 is 0 Å². The molecule has 2 fully saturated rings. The molecule has 1 unspecified atom stereocenters. The highest BCUT2D eigenvalue weighted by Crippen LogP contribution is 2.10. The third-order valence-corrected chi connectivity index (χ3v) is 2.55. The van der Waals surface area contributed by atoms with Crippen LogP contribution in [0.15, 0.2) is 0 Å². The number of nitrogens with one attached hydrogen (secondary N) is 1. The first kappa shape index (κ1) is 7.53. The first-order valence-electron chi connectivity index (χ1n) is 4.42. The van der Waals surface area contributed by atoms with Gasteiger partial charge in [0.15, 0.2) is 0 Å². The minimum atomic E-state index is 0.435. The number of ether oxygens (including phenoxy) is 1. The number of rotatable bonds is 1. The summed E-state index contributed by atoms with van der Waals surface area (Å²) in [6.07, 6.45) is 0.435. The smallest absolute Gasteiger partial charge is 0.0674 e. The van der Waals surface area contributed by atoms with Crippen molar-refractivity contribution in [2.45, 2.75) is 19.1 Å². The monoisotopic (exact) mass is 156 g/mol. The summed E-state index contributed by atoms with van der Waals surface area (Å²) in [5, 5.41) is 3.29. The van der Waals surface area contributed by atoms with Crippen molar-refractivity contribution in [3.63, 3.8) is 0 Å². The van der Waals surface area contributed by atoms with Crippen molar-refractivity contribution < 1.29 is 4.74 Å². The molecule has 2 heterocycles. The van der Waals surface area contributed by atoms with Crippen molar-refractivity contribution in [3.8, 4) is 0 Å². The third kappa shape index (κ3) is 1.55. The molecule has 0 spiro atoms. The van der Waals surface area contributed by atoms with E-state index in [4.69, 9.17) is 4.74 Å². The van der Waals surface area contributed by atoms with Crippen LogP contribution in [0.4, 0.5) is 0 Å². The molecule has 2 aliphatic rings. The van der Waals surface area contributed by atoms with Gasteiger partial charge in [-0.3, -0.25) is 4.90 Å². The molecule has 0 amide bonds. The van der Waals surface area contributed by atoms with Crippen molar-refractivity contribution in [3.05, 3.63) is 0 Å². The Balaban J connectivity index is 1.82. The average molecular weight is 156 g/mol. The Morgan fingerprint density at radius 2 is 2.27 bits per heavy atom. The molecule has 2 saturated heterocycles. The Labute approximate surface area is 67.7 Å². The minimum Gasteiger partial charge on any atom is -0.376 e. The fraction of sp³-hybridized carbons (Fsp3) is 1.00. The lowest BCUT2D eigenvalue weighted by molar-refractivity contribution is -0.0417. The third-order valence-electron chi connectivity index (χ3n) is 2.55. The van der Waals surface area contributed by atoms with Crippen LogP contribution in [0.1, 0.15) is 6.92 Å². The summed E-state index contributed by atoms with van der Waals surface area (Å²) in [6.45, 7) is 7.65. The molecular formula is C8H16N2O. The van der Waals surface area contributed by atoms with Gasteiger partial charge < -0.3 is 10.1 Å². The Morgan fingerprint density at radius 3 is 2.82 bits per heavy atom. The number of hydrogen-bond acceptors (Lipinski definition) is 3. The van der Waals surface area contributed by atoms with Crippen LogP contribution in [0.5, 0.6) is 0 Å². The maximum Gasteiger partial charge on any atom is 0.0674 e. The second-order valence-corrected chi connectivity index (χ2v) is 3.49. The predicted molar refractivity (Wildman–Crippen MR) is 43.6 cm³/mol. The van der Waals surface area contributed by atoms with E-state index < -0.39 is 0 Å².